The molecule has 4 nitrogen and oxygen atoms in total. The normalized spacial score (nSPS) is 27.8. The maximum absolute atomic E-state index is 5.82. The van der Waals surface area contributed by atoms with E-state index in [4.69, 9.17) is 4.74 Å². The molecule has 24 heavy (non-hydrogen) atoms. The Morgan fingerprint density at radius 2 is 2.00 bits per heavy atom. The third-order valence-corrected chi connectivity index (χ3v) is 5.56. The molecular formula is C19H20BrN3O. The number of fused-ring (bicyclic) bond motifs is 2. The maximum Gasteiger partial charge on any atom is 0.148 e. The smallest absolute Gasteiger partial charge is 0.148 e. The van der Waals surface area contributed by atoms with Gasteiger partial charge in [-0.3, -0.25) is 0 Å². The predicted molar refractivity (Wildman–Crippen MR) is 97.2 cm³/mol. The van der Waals surface area contributed by atoms with Crippen LogP contribution >= 0.6 is 15.9 Å². The molecule has 0 saturated carbocycles. The van der Waals surface area contributed by atoms with Gasteiger partial charge in [-0.05, 0) is 49.5 Å². The summed E-state index contributed by atoms with van der Waals surface area (Å²) in [4.78, 5) is 9.07. The van der Waals surface area contributed by atoms with E-state index < -0.39 is 0 Å². The Morgan fingerprint density at radius 1 is 1.25 bits per heavy atom. The van der Waals surface area contributed by atoms with Gasteiger partial charge in [-0.15, -0.1) is 0 Å². The maximum atomic E-state index is 5.82. The molecule has 124 valence electrons. The van der Waals surface area contributed by atoms with Crippen molar-refractivity contribution in [1.29, 1.82) is 0 Å². The third-order valence-electron chi connectivity index (χ3n) is 5.03. The highest BCUT2D eigenvalue weighted by Gasteiger charge is 2.47. The second-order valence-electron chi connectivity index (χ2n) is 6.56. The molecule has 4 rings (SSSR count). The third kappa shape index (κ3) is 2.76. The number of rotatable bonds is 3. The van der Waals surface area contributed by atoms with Crippen molar-refractivity contribution in [2.75, 3.05) is 7.11 Å². The summed E-state index contributed by atoms with van der Waals surface area (Å²) in [7, 11) is 1.76. The molecule has 0 aliphatic carbocycles. The summed E-state index contributed by atoms with van der Waals surface area (Å²) in [5.41, 5.74) is 2.33. The molecule has 2 fully saturated rings. The van der Waals surface area contributed by atoms with Gasteiger partial charge >= 0.3 is 0 Å². The fourth-order valence-corrected chi connectivity index (χ4v) is 4.29. The van der Waals surface area contributed by atoms with E-state index in [1.807, 2.05) is 18.5 Å². The van der Waals surface area contributed by atoms with Crippen molar-refractivity contribution in [3.63, 3.8) is 0 Å². The van der Waals surface area contributed by atoms with E-state index in [2.05, 4.69) is 55.5 Å². The van der Waals surface area contributed by atoms with Gasteiger partial charge in [0.25, 0.3) is 0 Å². The van der Waals surface area contributed by atoms with Crippen molar-refractivity contribution in [3.05, 3.63) is 64.2 Å². The minimum atomic E-state index is -0.154. The minimum absolute atomic E-state index is 0.154. The highest BCUT2D eigenvalue weighted by molar-refractivity contribution is 9.10. The minimum Gasteiger partial charge on any atom is -0.496 e. The average molecular weight is 386 g/mol. The number of ether oxygens (including phenoxy) is 1. The first kappa shape index (κ1) is 15.8. The van der Waals surface area contributed by atoms with Crippen LogP contribution in [0.25, 0.3) is 5.76 Å². The molecule has 2 aromatic rings. The largest absolute Gasteiger partial charge is 0.496 e. The molecule has 1 aromatic heterocycles. The Labute approximate surface area is 150 Å². The monoisotopic (exact) mass is 385 g/mol. The van der Waals surface area contributed by atoms with Crippen molar-refractivity contribution < 1.29 is 4.74 Å². The van der Waals surface area contributed by atoms with Crippen LogP contribution in [0.15, 0.2) is 52.8 Å². The molecule has 0 spiro atoms. The van der Waals surface area contributed by atoms with E-state index >= 15 is 0 Å². The average Bonchev–Trinajstić information content (AvgIpc) is 2.94. The molecular weight excluding hydrogens is 366 g/mol. The summed E-state index contributed by atoms with van der Waals surface area (Å²) in [6.07, 6.45) is 7.80. The van der Waals surface area contributed by atoms with E-state index in [9.17, 15) is 0 Å². The SMILES string of the molecule is COC(=C1CC2CCC(c3ncccn3)(C1)N2)c1ccc(Br)cc1. The molecule has 3 heterocycles. The number of nitrogens with zero attached hydrogens (tertiary/aromatic N) is 2. The molecule has 5 heteroatoms. The number of methoxy groups -OCH3 is 1. The first-order valence-electron chi connectivity index (χ1n) is 8.27. The highest BCUT2D eigenvalue weighted by Crippen LogP contribution is 2.46. The van der Waals surface area contributed by atoms with Crippen molar-refractivity contribution in [3.8, 4) is 0 Å². The lowest BCUT2D eigenvalue weighted by Gasteiger charge is -2.35. The first-order chi connectivity index (χ1) is 11.7. The summed E-state index contributed by atoms with van der Waals surface area (Å²) in [5, 5.41) is 3.77. The summed E-state index contributed by atoms with van der Waals surface area (Å²) < 4.78 is 6.89. The summed E-state index contributed by atoms with van der Waals surface area (Å²) in [6.45, 7) is 0. The fourth-order valence-electron chi connectivity index (χ4n) is 4.02. The lowest BCUT2D eigenvalue weighted by atomic mass is 9.85. The van der Waals surface area contributed by atoms with Gasteiger partial charge in [0.1, 0.15) is 11.6 Å². The van der Waals surface area contributed by atoms with Gasteiger partial charge in [-0.1, -0.05) is 28.1 Å². The zero-order chi connectivity index (χ0) is 16.6. The van der Waals surface area contributed by atoms with Crippen molar-refractivity contribution >= 4 is 21.7 Å². The molecule has 1 N–H and O–H groups in total. The number of benzene rings is 1. The number of nitrogens with one attached hydrogen (secondary N) is 1. The van der Waals surface area contributed by atoms with Crippen LogP contribution in [0.5, 0.6) is 0 Å². The summed E-state index contributed by atoms with van der Waals surface area (Å²) in [5.74, 6) is 1.90. The van der Waals surface area contributed by atoms with Crippen LogP contribution in [0.3, 0.4) is 0 Å². The Morgan fingerprint density at radius 3 is 2.71 bits per heavy atom. The second-order valence-corrected chi connectivity index (χ2v) is 7.47. The lowest BCUT2D eigenvalue weighted by Crippen LogP contribution is -2.46. The predicted octanol–water partition coefficient (Wildman–Crippen LogP) is 4.04. The Bertz CT molecular complexity index is 760. The van der Waals surface area contributed by atoms with Gasteiger partial charge in [0.15, 0.2) is 0 Å². The molecule has 2 bridgehead atoms. The van der Waals surface area contributed by atoms with E-state index in [0.29, 0.717) is 6.04 Å². The molecule has 1 aromatic carbocycles. The van der Waals surface area contributed by atoms with Crippen molar-refractivity contribution in [1.82, 2.24) is 15.3 Å². The zero-order valence-corrected chi connectivity index (χ0v) is 15.2. The van der Waals surface area contributed by atoms with Crippen LogP contribution in [0.4, 0.5) is 0 Å². The van der Waals surface area contributed by atoms with Gasteiger partial charge < -0.3 is 10.1 Å². The molecule has 2 unspecified atom stereocenters. The Balaban J connectivity index is 1.75. The van der Waals surface area contributed by atoms with Gasteiger partial charge in [-0.25, -0.2) is 9.97 Å². The van der Waals surface area contributed by atoms with Crippen LogP contribution in [-0.4, -0.2) is 23.1 Å². The zero-order valence-electron chi connectivity index (χ0n) is 13.6. The number of hydrogen-bond donors (Lipinski definition) is 1. The number of hydrogen-bond acceptors (Lipinski definition) is 4. The van der Waals surface area contributed by atoms with Gasteiger partial charge in [0.05, 0.1) is 12.6 Å². The summed E-state index contributed by atoms with van der Waals surface area (Å²) >= 11 is 3.50. The molecule has 2 saturated heterocycles. The number of halogens is 1. The number of aromatic nitrogens is 2. The standard InChI is InChI=1S/C19H20BrN3O/c1-24-17(13-3-5-15(20)6-4-13)14-11-16-7-8-19(12-14,23-16)18-21-9-2-10-22-18/h2-6,9-10,16,23H,7-8,11-12H2,1H3. The lowest BCUT2D eigenvalue weighted by molar-refractivity contribution is 0.297. The van der Waals surface area contributed by atoms with E-state index in [0.717, 1.165) is 47.3 Å². The van der Waals surface area contributed by atoms with Gasteiger partial charge in [0.2, 0.25) is 0 Å². The molecule has 2 aliphatic heterocycles. The van der Waals surface area contributed by atoms with Crippen LogP contribution in [0, 0.1) is 0 Å². The molecule has 0 amide bonds. The van der Waals surface area contributed by atoms with Crippen LogP contribution < -0.4 is 5.32 Å². The molecule has 0 radical (unpaired) electrons. The van der Waals surface area contributed by atoms with Crippen LogP contribution in [0.1, 0.15) is 37.1 Å². The first-order valence-corrected chi connectivity index (χ1v) is 9.07. The molecule has 2 atom stereocenters. The van der Waals surface area contributed by atoms with E-state index in [-0.39, 0.29) is 5.54 Å². The quantitative estimate of drug-likeness (QED) is 0.809. The number of piperidine rings is 1. The second kappa shape index (κ2) is 6.30. The molecule has 2 aliphatic rings. The van der Waals surface area contributed by atoms with Crippen molar-refractivity contribution in [2.24, 2.45) is 0 Å². The topological polar surface area (TPSA) is 47.0 Å². The Kier molecular flexibility index (Phi) is 4.14. The Hall–Kier alpha value is -1.72. The van der Waals surface area contributed by atoms with E-state index in [1.165, 1.54) is 5.57 Å². The summed E-state index contributed by atoms with van der Waals surface area (Å²) in [6, 6.07) is 10.7. The van der Waals surface area contributed by atoms with E-state index in [1.54, 1.807) is 7.11 Å². The fraction of sp³-hybridized carbons (Fsp3) is 0.368. The van der Waals surface area contributed by atoms with Crippen LogP contribution in [0.2, 0.25) is 0 Å². The van der Waals surface area contributed by atoms with Gasteiger partial charge in [0, 0.05) is 28.5 Å². The van der Waals surface area contributed by atoms with Crippen LogP contribution in [-0.2, 0) is 10.3 Å². The van der Waals surface area contributed by atoms with Gasteiger partial charge in [-0.2, -0.15) is 0 Å². The van der Waals surface area contributed by atoms with Crippen molar-refractivity contribution in [2.45, 2.75) is 37.3 Å². The highest BCUT2D eigenvalue weighted by atomic mass is 79.9.